The van der Waals surface area contributed by atoms with Crippen molar-refractivity contribution in [1.29, 1.82) is 0 Å². The minimum absolute atomic E-state index is 0.0223. The summed E-state index contributed by atoms with van der Waals surface area (Å²) in [5, 5.41) is 8.46. The topological polar surface area (TPSA) is 84.4 Å². The van der Waals surface area contributed by atoms with Crippen LogP contribution in [-0.2, 0) is 9.53 Å². The zero-order valence-corrected chi connectivity index (χ0v) is 12.9. The molecule has 22 heavy (non-hydrogen) atoms. The van der Waals surface area contributed by atoms with Crippen molar-refractivity contribution in [3.8, 4) is 0 Å². The van der Waals surface area contributed by atoms with E-state index in [-0.39, 0.29) is 24.0 Å². The minimum atomic E-state index is -0.432. The number of carbonyl (C=O) groups is 2. The normalized spacial score (nSPS) is 30.4. The second kappa shape index (κ2) is 5.58. The van der Waals surface area contributed by atoms with Crippen molar-refractivity contribution < 1.29 is 14.3 Å². The molecule has 1 aromatic rings. The van der Waals surface area contributed by atoms with Gasteiger partial charge in [0.15, 0.2) is 5.69 Å². The maximum Gasteiger partial charge on any atom is 0.275 e. The van der Waals surface area contributed by atoms with Crippen LogP contribution in [0.2, 0.25) is 0 Å². The van der Waals surface area contributed by atoms with Crippen molar-refractivity contribution in [3.63, 3.8) is 0 Å². The molecule has 118 valence electrons. The van der Waals surface area contributed by atoms with Gasteiger partial charge < -0.3 is 15.0 Å². The lowest BCUT2D eigenvalue weighted by molar-refractivity contribution is -0.132. The van der Waals surface area contributed by atoms with Gasteiger partial charge in [-0.05, 0) is 36.7 Å². The molecule has 8 heteroatoms. The van der Waals surface area contributed by atoms with Crippen molar-refractivity contribution in [2.45, 2.75) is 43.9 Å². The molecule has 4 rings (SSSR count). The number of hydrogen-bond donors (Lipinski definition) is 1. The van der Waals surface area contributed by atoms with Crippen LogP contribution in [0.3, 0.4) is 0 Å². The predicted molar refractivity (Wildman–Crippen MR) is 78.4 cm³/mol. The van der Waals surface area contributed by atoms with Gasteiger partial charge >= 0.3 is 0 Å². The summed E-state index contributed by atoms with van der Waals surface area (Å²) in [6, 6.07) is -0.0223. The highest BCUT2D eigenvalue weighted by molar-refractivity contribution is 7.03. The van der Waals surface area contributed by atoms with Crippen molar-refractivity contribution in [1.82, 2.24) is 19.8 Å². The number of nitrogens with one attached hydrogen (secondary N) is 1. The average molecular weight is 322 g/mol. The van der Waals surface area contributed by atoms with E-state index in [1.165, 1.54) is 24.4 Å². The largest absolute Gasteiger partial charge is 0.363 e. The number of nitrogens with zero attached hydrogens (tertiary/aromatic N) is 3. The molecule has 1 saturated carbocycles. The Morgan fingerprint density at radius 2 is 2.27 bits per heavy atom. The zero-order chi connectivity index (χ0) is 15.1. The minimum Gasteiger partial charge on any atom is -0.363 e. The Morgan fingerprint density at radius 1 is 1.41 bits per heavy atom. The number of fused-ring (bicyclic) bond motifs is 1. The van der Waals surface area contributed by atoms with Gasteiger partial charge in [0.2, 0.25) is 5.91 Å². The summed E-state index contributed by atoms with van der Waals surface area (Å²) in [5.41, 5.74) is 0.382. The standard InChI is InChI=1S/C14H18N4O3S/c19-13(15-6-8-1-2-8)12-5-10-11(21-12)3-4-18(10)14(20)9-7-22-17-16-9/h7-8,10-12H,1-6H2,(H,15,19)/t10-,11-,12-/m1/s1. The zero-order valence-electron chi connectivity index (χ0n) is 12.1. The van der Waals surface area contributed by atoms with Gasteiger partial charge in [0.25, 0.3) is 5.91 Å². The molecule has 3 atom stereocenters. The molecular weight excluding hydrogens is 304 g/mol. The number of ether oxygens (including phenoxy) is 1. The Hall–Kier alpha value is -1.54. The molecule has 0 aromatic carbocycles. The molecule has 3 fully saturated rings. The molecule has 3 aliphatic rings. The van der Waals surface area contributed by atoms with Crippen molar-refractivity contribution in [2.75, 3.05) is 13.1 Å². The Kier molecular flexibility index (Phi) is 3.57. The van der Waals surface area contributed by atoms with Crippen LogP contribution in [0.15, 0.2) is 5.38 Å². The molecule has 7 nitrogen and oxygen atoms in total. The van der Waals surface area contributed by atoms with Crippen LogP contribution in [0.4, 0.5) is 0 Å². The lowest BCUT2D eigenvalue weighted by atomic mass is 10.1. The summed E-state index contributed by atoms with van der Waals surface area (Å²) >= 11 is 1.17. The fraction of sp³-hybridized carbons (Fsp3) is 0.714. The van der Waals surface area contributed by atoms with Gasteiger partial charge in [0.05, 0.1) is 12.1 Å². The van der Waals surface area contributed by atoms with Gasteiger partial charge in [0.1, 0.15) is 6.10 Å². The molecule has 0 bridgehead atoms. The number of carbonyl (C=O) groups excluding carboxylic acids is 2. The van der Waals surface area contributed by atoms with E-state index in [2.05, 4.69) is 14.9 Å². The molecule has 1 aromatic heterocycles. The highest BCUT2D eigenvalue weighted by atomic mass is 32.1. The number of likely N-dealkylation sites (tertiary alicyclic amines) is 1. The van der Waals surface area contributed by atoms with E-state index in [4.69, 9.17) is 4.74 Å². The highest BCUT2D eigenvalue weighted by Crippen LogP contribution is 2.34. The van der Waals surface area contributed by atoms with Crippen LogP contribution < -0.4 is 5.32 Å². The van der Waals surface area contributed by atoms with E-state index in [1.54, 1.807) is 10.3 Å². The summed E-state index contributed by atoms with van der Waals surface area (Å²) in [6.45, 7) is 1.41. The summed E-state index contributed by atoms with van der Waals surface area (Å²) in [5.74, 6) is 0.507. The fourth-order valence-electron chi connectivity index (χ4n) is 3.26. The first kappa shape index (κ1) is 14.1. The first-order valence-corrected chi connectivity index (χ1v) is 8.57. The molecule has 1 N–H and O–H groups in total. The predicted octanol–water partition coefficient (Wildman–Crippen LogP) is 0.436. The van der Waals surface area contributed by atoms with Crippen LogP contribution in [0.25, 0.3) is 0 Å². The van der Waals surface area contributed by atoms with Crippen LogP contribution in [0, 0.1) is 5.92 Å². The third-order valence-electron chi connectivity index (χ3n) is 4.67. The van der Waals surface area contributed by atoms with E-state index < -0.39 is 6.10 Å². The van der Waals surface area contributed by atoms with Gasteiger partial charge in [-0.25, -0.2) is 0 Å². The van der Waals surface area contributed by atoms with E-state index in [0.29, 0.717) is 24.6 Å². The Bertz CT molecular complexity index is 575. The van der Waals surface area contributed by atoms with E-state index in [1.807, 2.05) is 0 Å². The van der Waals surface area contributed by atoms with Crippen LogP contribution in [-0.4, -0.2) is 57.6 Å². The summed E-state index contributed by atoms with van der Waals surface area (Å²) in [6.07, 6.45) is 3.30. The monoisotopic (exact) mass is 322 g/mol. The van der Waals surface area contributed by atoms with Crippen LogP contribution in [0.5, 0.6) is 0 Å². The Labute approximate surface area is 132 Å². The molecule has 2 amide bonds. The lowest BCUT2D eigenvalue weighted by Gasteiger charge is -2.21. The van der Waals surface area contributed by atoms with Crippen molar-refractivity contribution in [2.24, 2.45) is 5.92 Å². The number of amides is 2. The van der Waals surface area contributed by atoms with Crippen molar-refractivity contribution >= 4 is 23.3 Å². The summed E-state index contributed by atoms with van der Waals surface area (Å²) < 4.78 is 9.60. The quantitative estimate of drug-likeness (QED) is 0.869. The first-order valence-electron chi connectivity index (χ1n) is 7.73. The number of hydrogen-bond acceptors (Lipinski definition) is 6. The van der Waals surface area contributed by atoms with Gasteiger partial charge in [-0.3, -0.25) is 9.59 Å². The molecular formula is C14H18N4O3S. The van der Waals surface area contributed by atoms with Gasteiger partial charge in [-0.15, -0.1) is 5.10 Å². The third kappa shape index (κ3) is 2.61. The second-order valence-corrected chi connectivity index (χ2v) is 6.84. The Morgan fingerprint density at radius 3 is 3.00 bits per heavy atom. The van der Waals surface area contributed by atoms with E-state index >= 15 is 0 Å². The number of aromatic nitrogens is 2. The SMILES string of the molecule is O=C(NCC1CC1)[C@H]1C[C@@H]2[C@@H](CCN2C(=O)c2csnn2)O1. The lowest BCUT2D eigenvalue weighted by Crippen LogP contribution is -2.39. The van der Waals surface area contributed by atoms with E-state index in [9.17, 15) is 9.59 Å². The summed E-state index contributed by atoms with van der Waals surface area (Å²) in [4.78, 5) is 26.4. The molecule has 0 unspecified atom stereocenters. The summed E-state index contributed by atoms with van der Waals surface area (Å²) in [7, 11) is 0. The Balaban J connectivity index is 1.38. The van der Waals surface area contributed by atoms with Crippen LogP contribution in [0.1, 0.15) is 36.2 Å². The van der Waals surface area contributed by atoms with Gasteiger partial charge in [0, 0.05) is 24.9 Å². The maximum atomic E-state index is 12.4. The van der Waals surface area contributed by atoms with Gasteiger partial charge in [-0.2, -0.15) is 0 Å². The van der Waals surface area contributed by atoms with Crippen molar-refractivity contribution in [3.05, 3.63) is 11.1 Å². The molecule has 1 aliphatic carbocycles. The smallest absolute Gasteiger partial charge is 0.275 e. The maximum absolute atomic E-state index is 12.4. The number of rotatable bonds is 4. The first-order chi connectivity index (χ1) is 10.7. The molecule has 0 radical (unpaired) electrons. The molecule has 3 heterocycles. The highest BCUT2D eigenvalue weighted by Gasteiger charge is 2.47. The molecule has 2 aliphatic heterocycles. The fourth-order valence-corrected chi connectivity index (χ4v) is 3.69. The average Bonchev–Trinajstić information content (AvgIpc) is 2.95. The third-order valence-corrected chi connectivity index (χ3v) is 5.18. The second-order valence-electron chi connectivity index (χ2n) is 6.23. The van der Waals surface area contributed by atoms with E-state index in [0.717, 1.165) is 13.0 Å². The van der Waals surface area contributed by atoms with Crippen LogP contribution >= 0.6 is 11.5 Å². The molecule has 2 saturated heterocycles. The van der Waals surface area contributed by atoms with Gasteiger partial charge in [-0.1, -0.05) is 4.49 Å². The molecule has 0 spiro atoms.